The first-order valence-electron chi connectivity index (χ1n) is 4.49. The summed E-state index contributed by atoms with van der Waals surface area (Å²) in [5.41, 5.74) is -5.66. The highest BCUT2D eigenvalue weighted by atomic mass is 19.4. The number of benzene rings is 1. The molecule has 1 N–H and O–H groups in total. The van der Waals surface area contributed by atoms with Crippen molar-refractivity contribution in [3.8, 4) is 0 Å². The van der Waals surface area contributed by atoms with Crippen LogP contribution in [0.3, 0.4) is 0 Å². The van der Waals surface area contributed by atoms with Crippen LogP contribution in [0.5, 0.6) is 0 Å². The summed E-state index contributed by atoms with van der Waals surface area (Å²) >= 11 is 0. The fourth-order valence-electron chi connectivity index (χ4n) is 1.53. The average Bonchev–Trinajstić information content (AvgIpc) is 2.24. The second kappa shape index (κ2) is 4.60. The van der Waals surface area contributed by atoms with E-state index in [1.165, 1.54) is 0 Å². The normalized spacial score (nSPS) is 12.6. The van der Waals surface area contributed by atoms with Crippen molar-refractivity contribution in [2.24, 2.45) is 0 Å². The van der Waals surface area contributed by atoms with Crippen molar-refractivity contribution in [1.29, 1.82) is 0 Å². The first kappa shape index (κ1) is 14.5. The van der Waals surface area contributed by atoms with Gasteiger partial charge in [0.1, 0.15) is 0 Å². The van der Waals surface area contributed by atoms with E-state index in [4.69, 9.17) is 5.11 Å². The number of hydrogen-bond donors (Lipinski definition) is 1. The second-order valence-electron chi connectivity index (χ2n) is 3.33. The third kappa shape index (κ3) is 2.63. The number of aldehydes is 1. The summed E-state index contributed by atoms with van der Waals surface area (Å²) in [6.07, 6.45) is -10.4. The van der Waals surface area contributed by atoms with E-state index in [-0.39, 0.29) is 6.29 Å². The van der Waals surface area contributed by atoms with Gasteiger partial charge in [-0.2, -0.15) is 26.3 Å². The quantitative estimate of drug-likeness (QED) is 0.663. The molecule has 0 radical (unpaired) electrons. The summed E-state index contributed by atoms with van der Waals surface area (Å²) in [5.74, 6) is 0. The second-order valence-corrected chi connectivity index (χ2v) is 3.33. The number of rotatable bonds is 2. The Morgan fingerprint density at radius 2 is 1.61 bits per heavy atom. The van der Waals surface area contributed by atoms with Gasteiger partial charge >= 0.3 is 12.4 Å². The number of hydrogen-bond acceptors (Lipinski definition) is 2. The topological polar surface area (TPSA) is 37.3 Å². The van der Waals surface area contributed by atoms with Gasteiger partial charge in [-0.3, -0.25) is 4.79 Å². The molecule has 0 aliphatic rings. The lowest BCUT2D eigenvalue weighted by atomic mass is 9.96. The first-order valence-corrected chi connectivity index (χ1v) is 4.49. The Hall–Kier alpha value is -1.57. The van der Waals surface area contributed by atoms with E-state index < -0.39 is 41.2 Å². The Bertz CT molecular complexity index is 461. The van der Waals surface area contributed by atoms with E-state index in [0.29, 0.717) is 12.1 Å². The Kier molecular flexibility index (Phi) is 3.70. The maximum Gasteiger partial charge on any atom is 0.417 e. The lowest BCUT2D eigenvalue weighted by molar-refractivity contribution is -0.145. The molecule has 2 nitrogen and oxygen atoms in total. The average molecular weight is 272 g/mol. The van der Waals surface area contributed by atoms with Crippen LogP contribution in [0.2, 0.25) is 0 Å². The minimum absolute atomic E-state index is 0.206. The van der Waals surface area contributed by atoms with E-state index in [1.807, 2.05) is 0 Å². The van der Waals surface area contributed by atoms with E-state index in [2.05, 4.69) is 0 Å². The van der Waals surface area contributed by atoms with E-state index in [9.17, 15) is 31.1 Å². The Morgan fingerprint density at radius 1 is 1.06 bits per heavy atom. The highest BCUT2D eigenvalue weighted by Gasteiger charge is 2.42. The third-order valence-corrected chi connectivity index (χ3v) is 2.22. The SMILES string of the molecule is O=Cc1ccc(C(F)(F)F)c(CO)c1C(F)(F)F. The number of halogens is 6. The molecule has 100 valence electrons. The molecule has 1 aromatic carbocycles. The van der Waals surface area contributed by atoms with Gasteiger partial charge < -0.3 is 5.11 Å². The van der Waals surface area contributed by atoms with Gasteiger partial charge in [0, 0.05) is 11.1 Å². The summed E-state index contributed by atoms with van der Waals surface area (Å²) in [4.78, 5) is 10.4. The van der Waals surface area contributed by atoms with Crippen LogP contribution in [0, 0.1) is 0 Å². The molecule has 0 amide bonds. The monoisotopic (exact) mass is 272 g/mol. The molecule has 0 aliphatic heterocycles. The number of carbonyl (C=O) groups is 1. The first-order chi connectivity index (χ1) is 8.12. The van der Waals surface area contributed by atoms with Crippen molar-refractivity contribution >= 4 is 6.29 Å². The molecule has 8 heteroatoms. The number of aliphatic hydroxyl groups excluding tert-OH is 1. The van der Waals surface area contributed by atoms with E-state index in [1.54, 1.807) is 0 Å². The zero-order chi connectivity index (χ0) is 14.1. The zero-order valence-electron chi connectivity index (χ0n) is 8.56. The number of alkyl halides is 6. The molecule has 0 saturated heterocycles. The largest absolute Gasteiger partial charge is 0.417 e. The van der Waals surface area contributed by atoms with Crippen LogP contribution < -0.4 is 0 Å². The van der Waals surface area contributed by atoms with Gasteiger partial charge in [0.25, 0.3) is 0 Å². The van der Waals surface area contributed by atoms with Crippen LogP contribution in [0.4, 0.5) is 26.3 Å². The standard InChI is InChI=1S/C10H6F6O2/c11-9(12,13)7-2-1-5(3-17)8(6(7)4-18)10(14,15)16/h1-3,18H,4H2. The van der Waals surface area contributed by atoms with Crippen LogP contribution in [-0.4, -0.2) is 11.4 Å². The molecule has 0 atom stereocenters. The van der Waals surface area contributed by atoms with Gasteiger partial charge in [0.2, 0.25) is 0 Å². The van der Waals surface area contributed by atoms with Crippen LogP contribution in [0.1, 0.15) is 27.0 Å². The predicted octanol–water partition coefficient (Wildman–Crippen LogP) is 3.03. The lowest BCUT2D eigenvalue weighted by Gasteiger charge is -2.18. The van der Waals surface area contributed by atoms with Gasteiger partial charge in [-0.1, -0.05) is 6.07 Å². The van der Waals surface area contributed by atoms with E-state index in [0.717, 1.165) is 0 Å². The Labute approximate surface area is 96.8 Å². The van der Waals surface area contributed by atoms with Crippen LogP contribution in [0.25, 0.3) is 0 Å². The molecule has 0 bridgehead atoms. The van der Waals surface area contributed by atoms with Crippen LogP contribution in [0.15, 0.2) is 12.1 Å². The molecule has 0 spiro atoms. The maximum atomic E-state index is 12.6. The van der Waals surface area contributed by atoms with Crippen molar-refractivity contribution in [3.05, 3.63) is 34.4 Å². The van der Waals surface area contributed by atoms with Gasteiger partial charge in [-0.15, -0.1) is 0 Å². The van der Waals surface area contributed by atoms with Crippen molar-refractivity contribution < 1.29 is 36.2 Å². The minimum atomic E-state index is -5.16. The molecule has 0 heterocycles. The van der Waals surface area contributed by atoms with Gasteiger partial charge in [-0.25, -0.2) is 0 Å². The predicted molar refractivity (Wildman–Crippen MR) is 47.8 cm³/mol. The molecule has 0 aromatic heterocycles. The fourth-order valence-corrected chi connectivity index (χ4v) is 1.53. The molecule has 18 heavy (non-hydrogen) atoms. The molecule has 1 rings (SSSR count). The van der Waals surface area contributed by atoms with Gasteiger partial charge in [-0.05, 0) is 6.07 Å². The van der Waals surface area contributed by atoms with Gasteiger partial charge in [0.15, 0.2) is 6.29 Å². The van der Waals surface area contributed by atoms with Crippen molar-refractivity contribution in [2.75, 3.05) is 0 Å². The zero-order valence-corrected chi connectivity index (χ0v) is 8.56. The third-order valence-electron chi connectivity index (χ3n) is 2.22. The summed E-state index contributed by atoms with van der Waals surface area (Å²) in [6.45, 7) is -1.47. The maximum absolute atomic E-state index is 12.6. The van der Waals surface area contributed by atoms with Crippen LogP contribution in [-0.2, 0) is 19.0 Å². The van der Waals surface area contributed by atoms with Crippen molar-refractivity contribution in [2.45, 2.75) is 19.0 Å². The molecule has 0 fully saturated rings. The molecule has 0 saturated carbocycles. The highest BCUT2D eigenvalue weighted by Crippen LogP contribution is 2.40. The highest BCUT2D eigenvalue weighted by molar-refractivity contribution is 5.79. The number of carbonyl (C=O) groups excluding carboxylic acids is 1. The lowest BCUT2D eigenvalue weighted by Crippen LogP contribution is -2.19. The summed E-state index contributed by atoms with van der Waals surface area (Å²) < 4.78 is 75.3. The molecule has 1 aromatic rings. The summed E-state index contributed by atoms with van der Waals surface area (Å²) in [7, 11) is 0. The summed E-state index contributed by atoms with van der Waals surface area (Å²) in [6, 6.07) is 0.766. The molecular formula is C10H6F6O2. The van der Waals surface area contributed by atoms with Crippen LogP contribution >= 0.6 is 0 Å². The van der Waals surface area contributed by atoms with Crippen molar-refractivity contribution in [1.82, 2.24) is 0 Å². The minimum Gasteiger partial charge on any atom is -0.392 e. The Balaban J connectivity index is 3.69. The smallest absolute Gasteiger partial charge is 0.392 e. The molecular weight excluding hydrogens is 266 g/mol. The van der Waals surface area contributed by atoms with Crippen molar-refractivity contribution in [3.63, 3.8) is 0 Å². The molecule has 0 aliphatic carbocycles. The van der Waals surface area contributed by atoms with Gasteiger partial charge in [0.05, 0.1) is 17.7 Å². The molecule has 0 unspecified atom stereocenters. The fraction of sp³-hybridized carbons (Fsp3) is 0.300. The summed E-state index contributed by atoms with van der Waals surface area (Å²) in [5, 5.41) is 8.73. The van der Waals surface area contributed by atoms with E-state index >= 15 is 0 Å². The Morgan fingerprint density at radius 3 is 1.94 bits per heavy atom. The number of aliphatic hydroxyl groups is 1.